The number of nitrogens with zero attached hydrogens (tertiary/aromatic N) is 1. The Morgan fingerprint density at radius 3 is 2.73 bits per heavy atom. The number of rotatable bonds is 6. The number of hydrogen-bond donors (Lipinski definition) is 1. The Morgan fingerprint density at radius 2 is 1.96 bits per heavy atom. The van der Waals surface area contributed by atoms with Gasteiger partial charge in [-0.15, -0.1) is 0 Å². The lowest BCUT2D eigenvalue weighted by Gasteiger charge is -2.22. The van der Waals surface area contributed by atoms with Gasteiger partial charge in [0.1, 0.15) is 5.56 Å². The zero-order valence-corrected chi connectivity index (χ0v) is 15.3. The predicted octanol–water partition coefficient (Wildman–Crippen LogP) is 3.94. The van der Waals surface area contributed by atoms with Gasteiger partial charge in [-0.1, -0.05) is 43.7 Å². The molecule has 2 aliphatic rings. The predicted molar refractivity (Wildman–Crippen MR) is 103 cm³/mol. The van der Waals surface area contributed by atoms with Crippen molar-refractivity contribution in [3.63, 3.8) is 0 Å². The van der Waals surface area contributed by atoms with Crippen molar-refractivity contribution in [3.05, 3.63) is 69.1 Å². The number of fused-ring (bicyclic) bond motifs is 5. The lowest BCUT2D eigenvalue weighted by atomic mass is 9.94. The molecular formula is C22H26N2O2. The summed E-state index contributed by atoms with van der Waals surface area (Å²) in [6.07, 6.45) is 5.53. The van der Waals surface area contributed by atoms with Crippen molar-refractivity contribution in [1.29, 1.82) is 0 Å². The summed E-state index contributed by atoms with van der Waals surface area (Å²) >= 11 is 0. The summed E-state index contributed by atoms with van der Waals surface area (Å²) in [5.41, 5.74) is 3.70. The fourth-order valence-corrected chi connectivity index (χ4v) is 4.57. The summed E-state index contributed by atoms with van der Waals surface area (Å²) in [6, 6.07) is 11.7. The Kier molecular flexibility index (Phi) is 4.66. The lowest BCUT2D eigenvalue weighted by molar-refractivity contribution is 0.0948. The van der Waals surface area contributed by atoms with E-state index in [1.807, 2.05) is 41.0 Å². The second kappa shape index (κ2) is 7.10. The van der Waals surface area contributed by atoms with E-state index in [1.54, 1.807) is 0 Å². The van der Waals surface area contributed by atoms with E-state index in [0.717, 1.165) is 31.4 Å². The van der Waals surface area contributed by atoms with Crippen LogP contribution in [0, 0.1) is 0 Å². The first-order valence-corrected chi connectivity index (χ1v) is 9.78. The number of aromatic nitrogens is 1. The standard InChI is InChI=1S/C22H26N2O2/c1-2-3-11-24-20-17-10-9-16(12-17)18(20)13-19(22(24)26)21(25)23-14-15-7-5-4-6-8-15/h4-8,13,16-17H,2-3,9-12,14H2,1H3,(H,23,25)/t16-,17+/m0/s1. The number of nitrogens with one attached hydrogen (secondary N) is 1. The Balaban J connectivity index is 1.65. The van der Waals surface area contributed by atoms with Crippen LogP contribution in [-0.4, -0.2) is 10.5 Å². The van der Waals surface area contributed by atoms with E-state index in [2.05, 4.69) is 12.2 Å². The molecule has 1 fully saturated rings. The molecule has 2 aliphatic carbocycles. The Bertz CT molecular complexity index is 870. The summed E-state index contributed by atoms with van der Waals surface area (Å²) in [5, 5.41) is 2.92. The Hall–Kier alpha value is -2.36. The van der Waals surface area contributed by atoms with Crippen molar-refractivity contribution in [3.8, 4) is 0 Å². The van der Waals surface area contributed by atoms with Crippen LogP contribution in [0.25, 0.3) is 0 Å². The highest BCUT2D eigenvalue weighted by Crippen LogP contribution is 2.52. The van der Waals surface area contributed by atoms with Crippen molar-refractivity contribution in [2.75, 3.05) is 0 Å². The average molecular weight is 350 g/mol. The number of carbonyl (C=O) groups is 1. The normalized spacial score (nSPS) is 20.2. The van der Waals surface area contributed by atoms with E-state index in [1.165, 1.54) is 24.1 Å². The van der Waals surface area contributed by atoms with E-state index in [9.17, 15) is 9.59 Å². The van der Waals surface area contributed by atoms with Crippen LogP contribution in [0.3, 0.4) is 0 Å². The third-order valence-electron chi connectivity index (χ3n) is 5.90. The number of amides is 1. The van der Waals surface area contributed by atoms with Crippen LogP contribution in [-0.2, 0) is 13.1 Å². The third-order valence-corrected chi connectivity index (χ3v) is 5.90. The minimum absolute atomic E-state index is 0.115. The molecule has 1 aromatic heterocycles. The van der Waals surface area contributed by atoms with E-state index < -0.39 is 0 Å². The molecule has 4 heteroatoms. The molecule has 1 amide bonds. The minimum Gasteiger partial charge on any atom is -0.348 e. The Morgan fingerprint density at radius 1 is 1.19 bits per heavy atom. The molecule has 0 aliphatic heterocycles. The van der Waals surface area contributed by atoms with E-state index in [0.29, 0.717) is 23.9 Å². The molecule has 1 heterocycles. The van der Waals surface area contributed by atoms with Gasteiger partial charge in [-0.3, -0.25) is 9.59 Å². The maximum Gasteiger partial charge on any atom is 0.263 e. The maximum atomic E-state index is 13.1. The third kappa shape index (κ3) is 2.98. The summed E-state index contributed by atoms with van der Waals surface area (Å²) in [6.45, 7) is 3.30. The first-order chi connectivity index (χ1) is 12.7. The zero-order valence-electron chi connectivity index (χ0n) is 15.3. The van der Waals surface area contributed by atoms with Crippen LogP contribution in [0.4, 0.5) is 0 Å². The topological polar surface area (TPSA) is 51.1 Å². The maximum absolute atomic E-state index is 13.1. The van der Waals surface area contributed by atoms with Crippen molar-refractivity contribution in [2.24, 2.45) is 0 Å². The second-order valence-electron chi connectivity index (χ2n) is 7.58. The smallest absolute Gasteiger partial charge is 0.263 e. The van der Waals surface area contributed by atoms with E-state index in [4.69, 9.17) is 0 Å². The van der Waals surface area contributed by atoms with Crippen molar-refractivity contribution in [1.82, 2.24) is 9.88 Å². The molecule has 0 radical (unpaired) electrons. The van der Waals surface area contributed by atoms with Gasteiger partial charge < -0.3 is 9.88 Å². The molecule has 2 atom stereocenters. The molecule has 26 heavy (non-hydrogen) atoms. The van der Waals surface area contributed by atoms with Crippen molar-refractivity contribution < 1.29 is 4.79 Å². The quantitative estimate of drug-likeness (QED) is 0.858. The SMILES string of the molecule is CCCCn1c2c(cc(C(=O)NCc3ccccc3)c1=O)[C@H]1CC[C@@H]2C1. The zero-order chi connectivity index (χ0) is 18.1. The van der Waals surface area contributed by atoms with Crippen LogP contribution in [0.2, 0.25) is 0 Å². The molecule has 1 N–H and O–H groups in total. The van der Waals surface area contributed by atoms with Crippen LogP contribution in [0.5, 0.6) is 0 Å². The largest absolute Gasteiger partial charge is 0.348 e. The van der Waals surface area contributed by atoms with Crippen LogP contribution in [0.1, 0.15) is 78.0 Å². The number of hydrogen-bond acceptors (Lipinski definition) is 2. The van der Waals surface area contributed by atoms with Crippen molar-refractivity contribution in [2.45, 2.75) is 64.0 Å². The molecule has 2 bridgehead atoms. The fourth-order valence-electron chi connectivity index (χ4n) is 4.57. The van der Waals surface area contributed by atoms with Gasteiger partial charge >= 0.3 is 0 Å². The molecule has 0 spiro atoms. The number of unbranched alkanes of at least 4 members (excludes halogenated alkanes) is 1. The van der Waals surface area contributed by atoms with Gasteiger partial charge in [-0.25, -0.2) is 0 Å². The molecule has 1 saturated carbocycles. The highest BCUT2D eigenvalue weighted by atomic mass is 16.2. The Labute approximate surface area is 154 Å². The van der Waals surface area contributed by atoms with Crippen LogP contribution in [0.15, 0.2) is 41.2 Å². The molecule has 2 aromatic rings. The van der Waals surface area contributed by atoms with Crippen LogP contribution < -0.4 is 10.9 Å². The molecule has 1 aromatic carbocycles. The number of carbonyl (C=O) groups excluding carboxylic acids is 1. The van der Waals surface area contributed by atoms with Gasteiger partial charge in [0.05, 0.1) is 0 Å². The molecule has 4 rings (SSSR count). The summed E-state index contributed by atoms with van der Waals surface area (Å²) in [5.74, 6) is 0.791. The second-order valence-corrected chi connectivity index (χ2v) is 7.58. The highest BCUT2D eigenvalue weighted by molar-refractivity contribution is 5.94. The monoisotopic (exact) mass is 350 g/mol. The molecule has 0 unspecified atom stereocenters. The van der Waals surface area contributed by atoms with Gasteiger partial charge in [0.15, 0.2) is 0 Å². The first kappa shape index (κ1) is 17.1. The van der Waals surface area contributed by atoms with Crippen LogP contribution >= 0.6 is 0 Å². The summed E-state index contributed by atoms with van der Waals surface area (Å²) in [7, 11) is 0. The molecule has 4 nitrogen and oxygen atoms in total. The van der Waals surface area contributed by atoms with Gasteiger partial charge in [0.25, 0.3) is 11.5 Å². The van der Waals surface area contributed by atoms with E-state index in [-0.39, 0.29) is 11.5 Å². The number of benzene rings is 1. The summed E-state index contributed by atoms with van der Waals surface area (Å²) in [4.78, 5) is 25.8. The molecular weight excluding hydrogens is 324 g/mol. The van der Waals surface area contributed by atoms with Gasteiger partial charge in [-0.2, -0.15) is 0 Å². The van der Waals surface area contributed by atoms with E-state index >= 15 is 0 Å². The fraction of sp³-hybridized carbons (Fsp3) is 0.455. The number of pyridine rings is 1. The molecule has 136 valence electrons. The first-order valence-electron chi connectivity index (χ1n) is 9.78. The lowest BCUT2D eigenvalue weighted by Crippen LogP contribution is -2.35. The van der Waals surface area contributed by atoms with Gasteiger partial charge in [0, 0.05) is 24.7 Å². The van der Waals surface area contributed by atoms with Gasteiger partial charge in [0.2, 0.25) is 0 Å². The minimum atomic E-state index is -0.255. The molecule has 0 saturated heterocycles. The van der Waals surface area contributed by atoms with Gasteiger partial charge in [-0.05, 0) is 48.8 Å². The average Bonchev–Trinajstić information content (AvgIpc) is 3.28. The summed E-state index contributed by atoms with van der Waals surface area (Å²) < 4.78 is 1.92. The van der Waals surface area contributed by atoms with Crippen molar-refractivity contribution >= 4 is 5.91 Å². The highest BCUT2D eigenvalue weighted by Gasteiger charge is 2.40.